The minimum absolute atomic E-state index is 0. The third kappa shape index (κ3) is 4.89. The summed E-state index contributed by atoms with van der Waals surface area (Å²) < 4.78 is 5.07. The summed E-state index contributed by atoms with van der Waals surface area (Å²) in [6.45, 7) is 0. The van der Waals surface area contributed by atoms with Gasteiger partial charge >= 0.3 is 29.6 Å². The number of hydrogen-bond acceptors (Lipinski definition) is 7. The van der Waals surface area contributed by atoms with E-state index in [0.717, 1.165) is 10.6 Å². The molecule has 104 valence electrons. The Morgan fingerprint density at radius 1 is 1.29 bits per heavy atom. The first-order valence-electron chi connectivity index (χ1n) is 5.58. The van der Waals surface area contributed by atoms with Gasteiger partial charge in [0.2, 0.25) is 0 Å². The van der Waals surface area contributed by atoms with E-state index in [2.05, 4.69) is 9.97 Å². The topological polar surface area (TPSA) is 75.1 Å². The summed E-state index contributed by atoms with van der Waals surface area (Å²) in [6.07, 6.45) is 3.28. The number of carbonyl (C=O) groups is 1. The van der Waals surface area contributed by atoms with Gasteiger partial charge < -0.3 is 14.6 Å². The number of carboxylic acid groups (broad SMARTS) is 1. The third-order valence-corrected chi connectivity index (χ3v) is 3.98. The van der Waals surface area contributed by atoms with E-state index < -0.39 is 5.97 Å². The van der Waals surface area contributed by atoms with Gasteiger partial charge in [-0.15, -0.1) is 0 Å². The molecular formula is C13H11N2NaO3S2. The van der Waals surface area contributed by atoms with Gasteiger partial charge in [-0.3, -0.25) is 0 Å². The number of aromatic nitrogens is 2. The molecule has 0 unspecified atom stereocenters. The molecule has 1 aromatic heterocycles. The van der Waals surface area contributed by atoms with Crippen molar-refractivity contribution in [3.8, 4) is 5.75 Å². The maximum absolute atomic E-state index is 11.1. The molecule has 21 heavy (non-hydrogen) atoms. The maximum atomic E-state index is 11.1. The van der Waals surface area contributed by atoms with Crippen molar-refractivity contribution in [3.63, 3.8) is 0 Å². The molecule has 0 aliphatic heterocycles. The Labute approximate surface area is 153 Å². The molecule has 0 amide bonds. The zero-order valence-corrected chi connectivity index (χ0v) is 15.5. The summed E-state index contributed by atoms with van der Waals surface area (Å²) >= 11 is 2.55. The molecule has 0 bridgehead atoms. The van der Waals surface area contributed by atoms with E-state index in [1.807, 2.05) is 12.1 Å². The van der Waals surface area contributed by atoms with Gasteiger partial charge in [-0.2, -0.15) is 0 Å². The first kappa shape index (κ1) is 18.3. The Hall–Kier alpha value is -0.730. The van der Waals surface area contributed by atoms with Crippen molar-refractivity contribution in [1.82, 2.24) is 9.97 Å². The van der Waals surface area contributed by atoms with Crippen LogP contribution in [0.5, 0.6) is 5.75 Å². The molecule has 0 aliphatic rings. The number of thioether (sulfide) groups is 1. The van der Waals surface area contributed by atoms with Crippen molar-refractivity contribution in [1.29, 1.82) is 0 Å². The molecule has 0 atom stereocenters. The predicted octanol–water partition coefficient (Wildman–Crippen LogP) is -1.27. The summed E-state index contributed by atoms with van der Waals surface area (Å²) in [4.78, 5) is 20.5. The molecule has 5 nitrogen and oxygen atoms in total. The number of hydrogen-bond donors (Lipinski definition) is 0. The molecule has 2 aromatic rings. The van der Waals surface area contributed by atoms with Gasteiger partial charge in [0.25, 0.3) is 0 Å². The smallest absolute Gasteiger partial charge is 0.543 e. The Morgan fingerprint density at radius 3 is 2.48 bits per heavy atom. The number of carbonyl (C=O) groups excluding carboxylic acids is 1. The van der Waals surface area contributed by atoms with E-state index in [4.69, 9.17) is 4.74 Å². The van der Waals surface area contributed by atoms with Crippen LogP contribution in [0, 0.1) is 0 Å². The van der Waals surface area contributed by atoms with Crippen molar-refractivity contribution in [3.05, 3.63) is 36.2 Å². The first-order valence-corrected chi connectivity index (χ1v) is 7.62. The van der Waals surface area contributed by atoms with Crippen LogP contribution < -0.4 is 39.4 Å². The number of aromatic carboxylic acids is 1. The van der Waals surface area contributed by atoms with Gasteiger partial charge in [0, 0.05) is 11.1 Å². The molecular weight excluding hydrogens is 319 g/mol. The summed E-state index contributed by atoms with van der Waals surface area (Å²) in [5.41, 5.74) is -0.0924. The van der Waals surface area contributed by atoms with Crippen LogP contribution in [-0.4, -0.2) is 29.3 Å². The fourth-order valence-electron chi connectivity index (χ4n) is 1.44. The van der Waals surface area contributed by atoms with Gasteiger partial charge in [-0.05, 0) is 30.5 Å². The fraction of sp³-hybridized carbons (Fsp3) is 0.154. The molecule has 0 saturated heterocycles. The molecule has 1 aromatic carbocycles. The average molecular weight is 330 g/mol. The van der Waals surface area contributed by atoms with Crippen molar-refractivity contribution in [2.75, 3.05) is 13.4 Å². The molecule has 8 heteroatoms. The summed E-state index contributed by atoms with van der Waals surface area (Å²) in [5.74, 6) is -0.567. The number of rotatable bonds is 5. The third-order valence-electron chi connectivity index (χ3n) is 2.40. The minimum Gasteiger partial charge on any atom is -0.543 e. The van der Waals surface area contributed by atoms with Crippen LogP contribution in [0.25, 0.3) is 0 Å². The number of nitrogens with zero attached hydrogens (tertiary/aromatic N) is 2. The minimum atomic E-state index is -1.31. The SMILES string of the molecule is COc1ccc(Sc2cnc(SC)nc2C(=O)[O-])cc1.[Na+]. The second-order valence-electron chi connectivity index (χ2n) is 3.63. The number of methoxy groups -OCH3 is 1. The Bertz CT molecular complexity index is 623. The second-order valence-corrected chi connectivity index (χ2v) is 5.52. The molecule has 0 N–H and O–H groups in total. The average Bonchev–Trinajstić information content (AvgIpc) is 2.48. The van der Waals surface area contributed by atoms with E-state index in [9.17, 15) is 9.90 Å². The van der Waals surface area contributed by atoms with Crippen LogP contribution >= 0.6 is 23.5 Å². The standard InChI is InChI=1S/C13H12N2O3S2.Na/c1-18-8-3-5-9(6-4-8)20-10-7-14-13(19-2)15-11(10)12(16)17;/h3-7H,1-2H3,(H,16,17);/q;+1/p-1. The molecule has 0 spiro atoms. The second kappa shape index (κ2) is 8.65. The largest absolute Gasteiger partial charge is 1.00 e. The summed E-state index contributed by atoms with van der Waals surface area (Å²) in [5, 5.41) is 11.5. The van der Waals surface area contributed by atoms with Gasteiger partial charge in [0.15, 0.2) is 5.16 Å². The Morgan fingerprint density at radius 2 is 1.95 bits per heavy atom. The van der Waals surface area contributed by atoms with Crippen LogP contribution in [0.1, 0.15) is 10.5 Å². The van der Waals surface area contributed by atoms with Crippen molar-refractivity contribution < 1.29 is 44.2 Å². The fourth-order valence-corrected chi connectivity index (χ4v) is 2.64. The zero-order chi connectivity index (χ0) is 14.5. The van der Waals surface area contributed by atoms with Crippen LogP contribution in [0.2, 0.25) is 0 Å². The van der Waals surface area contributed by atoms with Gasteiger partial charge in [-0.25, -0.2) is 9.97 Å². The maximum Gasteiger partial charge on any atom is 1.00 e. The molecule has 0 fully saturated rings. The van der Waals surface area contributed by atoms with E-state index in [1.54, 1.807) is 25.5 Å². The molecule has 0 saturated carbocycles. The van der Waals surface area contributed by atoms with Crippen LogP contribution in [0.4, 0.5) is 0 Å². The van der Waals surface area contributed by atoms with Crippen LogP contribution in [-0.2, 0) is 0 Å². The quantitative estimate of drug-likeness (QED) is 0.384. The normalized spacial score (nSPS) is 9.81. The summed E-state index contributed by atoms with van der Waals surface area (Å²) in [7, 11) is 1.59. The number of carboxylic acids is 1. The van der Waals surface area contributed by atoms with Gasteiger partial charge in [0.1, 0.15) is 11.4 Å². The van der Waals surface area contributed by atoms with E-state index >= 15 is 0 Å². The number of benzene rings is 1. The van der Waals surface area contributed by atoms with Crippen LogP contribution in [0.15, 0.2) is 45.4 Å². The van der Waals surface area contributed by atoms with Gasteiger partial charge in [0.05, 0.1) is 18.0 Å². The number of ether oxygens (including phenoxy) is 1. The zero-order valence-electron chi connectivity index (χ0n) is 11.8. The first-order chi connectivity index (χ1) is 9.63. The van der Waals surface area contributed by atoms with E-state index in [-0.39, 0.29) is 35.3 Å². The molecule has 1 heterocycles. The molecule has 0 radical (unpaired) electrons. The Balaban J connectivity index is 0.00000220. The molecule has 2 rings (SSSR count). The van der Waals surface area contributed by atoms with Gasteiger partial charge in [-0.1, -0.05) is 23.5 Å². The van der Waals surface area contributed by atoms with Crippen molar-refractivity contribution in [2.24, 2.45) is 0 Å². The Kier molecular flexibility index (Phi) is 7.55. The van der Waals surface area contributed by atoms with Crippen LogP contribution in [0.3, 0.4) is 0 Å². The van der Waals surface area contributed by atoms with E-state index in [1.165, 1.54) is 29.7 Å². The molecule has 0 aliphatic carbocycles. The van der Waals surface area contributed by atoms with E-state index in [0.29, 0.717) is 10.1 Å². The summed E-state index contributed by atoms with van der Waals surface area (Å²) in [6, 6.07) is 7.28. The van der Waals surface area contributed by atoms with Crippen molar-refractivity contribution in [2.45, 2.75) is 14.9 Å². The predicted molar refractivity (Wildman–Crippen MR) is 75.3 cm³/mol. The monoisotopic (exact) mass is 330 g/mol. The van der Waals surface area contributed by atoms with Crippen molar-refractivity contribution >= 4 is 29.5 Å².